The van der Waals surface area contributed by atoms with Crippen LogP contribution >= 0.6 is 0 Å². The summed E-state index contributed by atoms with van der Waals surface area (Å²) in [6.07, 6.45) is -2.28. The van der Waals surface area contributed by atoms with E-state index in [0.29, 0.717) is 13.1 Å². The SMILES string of the molecule is CCCN1CC(O)[C@H](O)[C@@H](O)C1CO. The van der Waals surface area contributed by atoms with Crippen LogP contribution in [-0.4, -0.2) is 69.4 Å². The van der Waals surface area contributed by atoms with Gasteiger partial charge < -0.3 is 20.4 Å². The molecule has 0 aromatic rings. The number of aliphatic hydroxyl groups is 4. The maximum Gasteiger partial charge on any atom is 0.109 e. The summed E-state index contributed by atoms with van der Waals surface area (Å²) in [6, 6.07) is -0.464. The van der Waals surface area contributed by atoms with Crippen molar-refractivity contribution in [3.8, 4) is 0 Å². The molecule has 1 saturated heterocycles. The maximum absolute atomic E-state index is 9.59. The van der Waals surface area contributed by atoms with Crippen LogP contribution < -0.4 is 0 Å². The van der Waals surface area contributed by atoms with Crippen molar-refractivity contribution in [2.45, 2.75) is 37.7 Å². The lowest BCUT2D eigenvalue weighted by atomic mass is 9.94. The van der Waals surface area contributed by atoms with Gasteiger partial charge in [-0.15, -0.1) is 0 Å². The lowest BCUT2D eigenvalue weighted by molar-refractivity contribution is -0.144. The number of rotatable bonds is 3. The molecule has 5 heteroatoms. The monoisotopic (exact) mass is 205 g/mol. The first-order chi connectivity index (χ1) is 6.61. The standard InChI is InChI=1S/C9H19NO4/c1-2-3-10-4-7(12)9(14)8(13)6(10)5-11/h6-9,11-14H,2-5H2,1H3/t6?,7?,8-,9-/m0/s1. The Balaban J connectivity index is 2.66. The number of aliphatic hydroxyl groups excluding tert-OH is 4. The minimum atomic E-state index is -1.15. The molecule has 0 saturated carbocycles. The fraction of sp³-hybridized carbons (Fsp3) is 1.00. The highest BCUT2D eigenvalue weighted by molar-refractivity contribution is 4.93. The third kappa shape index (κ3) is 2.24. The van der Waals surface area contributed by atoms with Crippen LogP contribution in [0.25, 0.3) is 0 Å². The van der Waals surface area contributed by atoms with Crippen LogP contribution in [0.4, 0.5) is 0 Å². The van der Waals surface area contributed by atoms with Crippen molar-refractivity contribution >= 4 is 0 Å². The molecule has 1 aliphatic heterocycles. The number of nitrogens with zero attached hydrogens (tertiary/aromatic N) is 1. The van der Waals surface area contributed by atoms with E-state index in [0.717, 1.165) is 6.42 Å². The number of hydrogen-bond donors (Lipinski definition) is 4. The topological polar surface area (TPSA) is 84.2 Å². The summed E-state index contributed by atoms with van der Waals surface area (Å²) in [5.74, 6) is 0. The lowest BCUT2D eigenvalue weighted by Gasteiger charge is -2.43. The molecule has 0 aliphatic carbocycles. The molecule has 4 atom stereocenters. The van der Waals surface area contributed by atoms with Crippen LogP contribution in [0.2, 0.25) is 0 Å². The molecule has 4 N–H and O–H groups in total. The van der Waals surface area contributed by atoms with Crippen LogP contribution in [0.5, 0.6) is 0 Å². The smallest absolute Gasteiger partial charge is 0.109 e. The van der Waals surface area contributed by atoms with Crippen LogP contribution in [0, 0.1) is 0 Å². The van der Waals surface area contributed by atoms with E-state index in [1.165, 1.54) is 0 Å². The third-order valence-electron chi connectivity index (χ3n) is 2.73. The summed E-state index contributed by atoms with van der Waals surface area (Å²) in [5.41, 5.74) is 0. The minimum absolute atomic E-state index is 0.203. The van der Waals surface area contributed by atoms with Crippen LogP contribution in [0.1, 0.15) is 13.3 Å². The van der Waals surface area contributed by atoms with E-state index in [-0.39, 0.29) is 6.61 Å². The molecule has 0 bridgehead atoms. The van der Waals surface area contributed by atoms with Crippen LogP contribution in [0.15, 0.2) is 0 Å². The van der Waals surface area contributed by atoms with Crippen LogP contribution in [0.3, 0.4) is 0 Å². The fourth-order valence-electron chi connectivity index (χ4n) is 1.92. The average Bonchev–Trinajstić information content (AvgIpc) is 2.16. The first kappa shape index (κ1) is 11.9. The molecule has 0 spiro atoms. The van der Waals surface area contributed by atoms with Crippen molar-refractivity contribution in [3.63, 3.8) is 0 Å². The molecule has 5 nitrogen and oxygen atoms in total. The second kappa shape index (κ2) is 5.04. The summed E-state index contributed by atoms with van der Waals surface area (Å²) in [7, 11) is 0. The number of likely N-dealkylation sites (tertiary alicyclic amines) is 1. The van der Waals surface area contributed by atoms with Gasteiger partial charge in [0.05, 0.1) is 18.8 Å². The van der Waals surface area contributed by atoms with E-state index in [1.54, 1.807) is 0 Å². The van der Waals surface area contributed by atoms with Crippen molar-refractivity contribution in [1.29, 1.82) is 0 Å². The Labute approximate surface area is 83.6 Å². The average molecular weight is 205 g/mol. The van der Waals surface area contributed by atoms with Gasteiger partial charge >= 0.3 is 0 Å². The number of piperidine rings is 1. The van der Waals surface area contributed by atoms with Gasteiger partial charge in [-0.1, -0.05) is 6.92 Å². The maximum atomic E-state index is 9.59. The molecule has 1 aliphatic rings. The van der Waals surface area contributed by atoms with Crippen molar-refractivity contribution in [3.05, 3.63) is 0 Å². The summed E-state index contributed by atoms with van der Waals surface area (Å²) < 4.78 is 0. The molecule has 0 amide bonds. The van der Waals surface area contributed by atoms with Gasteiger partial charge in [0.1, 0.15) is 12.2 Å². The Morgan fingerprint density at radius 2 is 1.86 bits per heavy atom. The molecule has 84 valence electrons. The van der Waals surface area contributed by atoms with E-state index in [4.69, 9.17) is 5.11 Å². The highest BCUT2D eigenvalue weighted by Crippen LogP contribution is 2.18. The first-order valence-electron chi connectivity index (χ1n) is 5.01. The summed E-state index contributed by atoms with van der Waals surface area (Å²) in [5, 5.41) is 37.5. The van der Waals surface area contributed by atoms with Gasteiger partial charge in [0.25, 0.3) is 0 Å². The molecule has 14 heavy (non-hydrogen) atoms. The molecule has 0 aromatic carbocycles. The van der Waals surface area contributed by atoms with E-state index >= 15 is 0 Å². The predicted molar refractivity (Wildman–Crippen MR) is 50.8 cm³/mol. The molecular weight excluding hydrogens is 186 g/mol. The normalized spacial score (nSPS) is 40.1. The molecule has 0 aromatic heterocycles. The number of hydrogen-bond acceptors (Lipinski definition) is 5. The fourth-order valence-corrected chi connectivity index (χ4v) is 1.92. The second-order valence-electron chi connectivity index (χ2n) is 3.79. The van der Waals surface area contributed by atoms with Gasteiger partial charge in [-0.25, -0.2) is 0 Å². The van der Waals surface area contributed by atoms with E-state index in [1.807, 2.05) is 11.8 Å². The van der Waals surface area contributed by atoms with Crippen molar-refractivity contribution in [1.82, 2.24) is 4.90 Å². The van der Waals surface area contributed by atoms with Gasteiger partial charge in [-0.2, -0.15) is 0 Å². The molecule has 2 unspecified atom stereocenters. The highest BCUT2D eigenvalue weighted by atomic mass is 16.4. The van der Waals surface area contributed by atoms with Gasteiger partial charge in [0.15, 0.2) is 0 Å². The van der Waals surface area contributed by atoms with Crippen molar-refractivity contribution < 1.29 is 20.4 Å². The van der Waals surface area contributed by atoms with Gasteiger partial charge in [-0.05, 0) is 13.0 Å². The van der Waals surface area contributed by atoms with Crippen molar-refractivity contribution in [2.75, 3.05) is 19.7 Å². The van der Waals surface area contributed by atoms with E-state index < -0.39 is 24.4 Å². The van der Waals surface area contributed by atoms with Crippen LogP contribution in [-0.2, 0) is 0 Å². The Bertz CT molecular complexity index is 178. The molecule has 0 radical (unpaired) electrons. The summed E-state index contributed by atoms with van der Waals surface area (Å²) in [4.78, 5) is 1.81. The molecular formula is C9H19NO4. The predicted octanol–water partition coefficient (Wildman–Crippen LogP) is -1.84. The molecule has 1 heterocycles. The zero-order valence-corrected chi connectivity index (χ0v) is 8.37. The molecule has 1 fully saturated rings. The third-order valence-corrected chi connectivity index (χ3v) is 2.73. The quantitative estimate of drug-likeness (QED) is 0.435. The zero-order valence-electron chi connectivity index (χ0n) is 8.37. The highest BCUT2D eigenvalue weighted by Gasteiger charge is 2.40. The Kier molecular flexibility index (Phi) is 4.28. The Hall–Kier alpha value is -0.200. The van der Waals surface area contributed by atoms with Crippen molar-refractivity contribution in [2.24, 2.45) is 0 Å². The van der Waals surface area contributed by atoms with Gasteiger partial charge in [0, 0.05) is 6.54 Å². The summed E-state index contributed by atoms with van der Waals surface area (Å²) in [6.45, 7) is 2.78. The summed E-state index contributed by atoms with van der Waals surface area (Å²) >= 11 is 0. The van der Waals surface area contributed by atoms with E-state index in [9.17, 15) is 15.3 Å². The Morgan fingerprint density at radius 3 is 2.36 bits per heavy atom. The number of β-amino-alcohol motifs (C(OH)–C–C–N with tert-alkyl or cyclic N) is 1. The van der Waals surface area contributed by atoms with Gasteiger partial charge in [-0.3, -0.25) is 4.90 Å². The molecule has 1 rings (SSSR count). The van der Waals surface area contributed by atoms with Gasteiger partial charge in [0.2, 0.25) is 0 Å². The largest absolute Gasteiger partial charge is 0.395 e. The zero-order chi connectivity index (χ0) is 10.7. The minimum Gasteiger partial charge on any atom is -0.395 e. The van der Waals surface area contributed by atoms with E-state index in [2.05, 4.69) is 0 Å². The second-order valence-corrected chi connectivity index (χ2v) is 3.79. The lowest BCUT2D eigenvalue weighted by Crippen LogP contribution is -2.62. The first-order valence-corrected chi connectivity index (χ1v) is 5.01. The Morgan fingerprint density at radius 1 is 1.21 bits per heavy atom.